The topological polar surface area (TPSA) is 15.3 Å². The van der Waals surface area contributed by atoms with Gasteiger partial charge in [-0.2, -0.15) is 0 Å². The molecule has 1 heterocycles. The third-order valence-electron chi connectivity index (χ3n) is 4.73. The van der Waals surface area contributed by atoms with Gasteiger partial charge >= 0.3 is 0 Å². The molecule has 2 unspecified atom stereocenters. The van der Waals surface area contributed by atoms with Gasteiger partial charge in [0, 0.05) is 34.5 Å². The van der Waals surface area contributed by atoms with Crippen LogP contribution in [0.3, 0.4) is 0 Å². The lowest BCUT2D eigenvalue weighted by Gasteiger charge is -2.18. The Bertz CT molecular complexity index is 432. The molecule has 0 radical (unpaired) electrons. The standard InChI is InChI=1S/C17H26N2S/c1-13-11-14(12-19(13)2)18-16-9-5-6-10-17(16)20-15-7-3-4-8-15/h5-6,9-10,13-15,18H,3-4,7-8,11-12H2,1-2H3. The molecule has 2 nitrogen and oxygen atoms in total. The first-order valence-corrected chi connectivity index (χ1v) is 8.83. The van der Waals surface area contributed by atoms with Crippen LogP contribution in [0.4, 0.5) is 5.69 Å². The molecule has 110 valence electrons. The largest absolute Gasteiger partial charge is 0.380 e. The van der Waals surface area contributed by atoms with Gasteiger partial charge in [-0.3, -0.25) is 0 Å². The van der Waals surface area contributed by atoms with Gasteiger partial charge < -0.3 is 10.2 Å². The second kappa shape index (κ2) is 6.40. The van der Waals surface area contributed by atoms with Crippen molar-refractivity contribution in [2.75, 3.05) is 18.9 Å². The fourth-order valence-corrected chi connectivity index (χ4v) is 4.73. The Morgan fingerprint density at radius 1 is 1.20 bits per heavy atom. The highest BCUT2D eigenvalue weighted by molar-refractivity contribution is 8.00. The van der Waals surface area contributed by atoms with Crippen LogP contribution in [0.15, 0.2) is 29.2 Å². The van der Waals surface area contributed by atoms with E-state index in [1.807, 2.05) is 0 Å². The van der Waals surface area contributed by atoms with E-state index in [1.165, 1.54) is 42.7 Å². The molecule has 0 aromatic heterocycles. The van der Waals surface area contributed by atoms with Crippen LogP contribution in [0.2, 0.25) is 0 Å². The lowest BCUT2D eigenvalue weighted by Crippen LogP contribution is -2.25. The lowest BCUT2D eigenvalue weighted by molar-refractivity contribution is 0.330. The first-order valence-electron chi connectivity index (χ1n) is 7.95. The summed E-state index contributed by atoms with van der Waals surface area (Å²) < 4.78 is 0. The Hall–Kier alpha value is -0.670. The average molecular weight is 290 g/mol. The highest BCUT2D eigenvalue weighted by atomic mass is 32.2. The van der Waals surface area contributed by atoms with Crippen LogP contribution in [0, 0.1) is 0 Å². The van der Waals surface area contributed by atoms with Crippen LogP contribution < -0.4 is 5.32 Å². The van der Waals surface area contributed by atoms with Gasteiger partial charge in [0.25, 0.3) is 0 Å². The number of benzene rings is 1. The van der Waals surface area contributed by atoms with Gasteiger partial charge in [0.05, 0.1) is 0 Å². The number of thioether (sulfide) groups is 1. The summed E-state index contributed by atoms with van der Waals surface area (Å²) in [7, 11) is 2.23. The summed E-state index contributed by atoms with van der Waals surface area (Å²) in [5.41, 5.74) is 1.34. The van der Waals surface area contributed by atoms with Gasteiger partial charge in [-0.25, -0.2) is 0 Å². The SMILES string of the molecule is CC1CC(Nc2ccccc2SC2CCCC2)CN1C. The molecule has 0 amide bonds. The second-order valence-corrected chi connectivity index (χ2v) is 7.73. The van der Waals surface area contributed by atoms with Crippen molar-refractivity contribution in [2.45, 2.75) is 61.3 Å². The summed E-state index contributed by atoms with van der Waals surface area (Å²) >= 11 is 2.09. The maximum absolute atomic E-state index is 3.78. The molecule has 1 N–H and O–H groups in total. The molecule has 1 saturated carbocycles. The van der Waals surface area contributed by atoms with E-state index in [0.29, 0.717) is 12.1 Å². The van der Waals surface area contributed by atoms with Gasteiger partial charge in [-0.15, -0.1) is 11.8 Å². The van der Waals surface area contributed by atoms with Gasteiger partial charge in [-0.05, 0) is 45.4 Å². The summed E-state index contributed by atoms with van der Waals surface area (Å²) in [6.07, 6.45) is 6.86. The van der Waals surface area contributed by atoms with Crippen molar-refractivity contribution in [3.05, 3.63) is 24.3 Å². The van der Waals surface area contributed by atoms with Gasteiger partial charge in [0.15, 0.2) is 0 Å². The van der Waals surface area contributed by atoms with E-state index in [2.05, 4.69) is 60.2 Å². The molecule has 1 aliphatic heterocycles. The minimum absolute atomic E-state index is 0.598. The van der Waals surface area contributed by atoms with E-state index in [1.54, 1.807) is 0 Å². The highest BCUT2D eigenvalue weighted by Crippen LogP contribution is 2.38. The summed E-state index contributed by atoms with van der Waals surface area (Å²) in [6, 6.07) is 10.2. The van der Waals surface area contributed by atoms with E-state index in [-0.39, 0.29) is 0 Å². The Labute approximate surface area is 127 Å². The van der Waals surface area contributed by atoms with Crippen LogP contribution in [0.25, 0.3) is 0 Å². The zero-order chi connectivity index (χ0) is 13.9. The molecule has 2 aliphatic rings. The predicted molar refractivity (Wildman–Crippen MR) is 88.7 cm³/mol. The minimum atomic E-state index is 0.598. The number of nitrogens with one attached hydrogen (secondary N) is 1. The fourth-order valence-electron chi connectivity index (χ4n) is 3.39. The molecule has 0 spiro atoms. The molecular weight excluding hydrogens is 264 g/mol. The molecule has 1 aliphatic carbocycles. The van der Waals surface area contributed by atoms with Crippen molar-refractivity contribution in [3.8, 4) is 0 Å². The van der Waals surface area contributed by atoms with Crippen molar-refractivity contribution in [2.24, 2.45) is 0 Å². The molecule has 1 aromatic rings. The Morgan fingerprint density at radius 2 is 1.95 bits per heavy atom. The molecule has 0 bridgehead atoms. The summed E-state index contributed by atoms with van der Waals surface area (Å²) in [4.78, 5) is 3.89. The maximum Gasteiger partial charge on any atom is 0.0481 e. The molecule has 2 atom stereocenters. The predicted octanol–water partition coefficient (Wildman–Crippen LogP) is 4.23. The molecule has 3 heteroatoms. The lowest BCUT2D eigenvalue weighted by atomic mass is 10.2. The van der Waals surface area contributed by atoms with Crippen molar-refractivity contribution in [1.29, 1.82) is 0 Å². The molecular formula is C17H26N2S. The zero-order valence-electron chi connectivity index (χ0n) is 12.6. The van der Waals surface area contributed by atoms with Crippen LogP contribution in [-0.2, 0) is 0 Å². The number of para-hydroxylation sites is 1. The normalized spacial score (nSPS) is 28.1. The average Bonchev–Trinajstić information content (AvgIpc) is 3.03. The number of likely N-dealkylation sites (tertiary alicyclic amines) is 1. The van der Waals surface area contributed by atoms with E-state index in [0.717, 1.165) is 11.8 Å². The number of anilines is 1. The van der Waals surface area contributed by atoms with Crippen molar-refractivity contribution >= 4 is 17.4 Å². The van der Waals surface area contributed by atoms with E-state index >= 15 is 0 Å². The fraction of sp³-hybridized carbons (Fsp3) is 0.647. The van der Waals surface area contributed by atoms with E-state index in [4.69, 9.17) is 0 Å². The van der Waals surface area contributed by atoms with Gasteiger partial charge in [0.2, 0.25) is 0 Å². The summed E-state index contributed by atoms with van der Waals surface area (Å²) in [5.74, 6) is 0. The molecule has 20 heavy (non-hydrogen) atoms. The molecule has 1 saturated heterocycles. The van der Waals surface area contributed by atoms with Gasteiger partial charge in [-0.1, -0.05) is 25.0 Å². The monoisotopic (exact) mass is 290 g/mol. The van der Waals surface area contributed by atoms with Crippen LogP contribution >= 0.6 is 11.8 Å². The smallest absolute Gasteiger partial charge is 0.0481 e. The third kappa shape index (κ3) is 3.32. The van der Waals surface area contributed by atoms with Crippen LogP contribution in [-0.4, -0.2) is 35.8 Å². The quantitative estimate of drug-likeness (QED) is 0.893. The third-order valence-corrected chi connectivity index (χ3v) is 6.14. The van der Waals surface area contributed by atoms with Crippen LogP contribution in [0.1, 0.15) is 39.0 Å². The first-order chi connectivity index (χ1) is 9.72. The zero-order valence-corrected chi connectivity index (χ0v) is 13.5. The maximum atomic E-state index is 3.78. The Balaban J connectivity index is 1.66. The number of likely N-dealkylation sites (N-methyl/N-ethyl adjacent to an activating group) is 1. The molecule has 2 fully saturated rings. The van der Waals surface area contributed by atoms with Crippen molar-refractivity contribution in [1.82, 2.24) is 4.90 Å². The summed E-state index contributed by atoms with van der Waals surface area (Å²) in [6.45, 7) is 3.48. The number of nitrogens with zero attached hydrogens (tertiary/aromatic N) is 1. The summed E-state index contributed by atoms with van der Waals surface area (Å²) in [5, 5.41) is 4.62. The number of hydrogen-bond acceptors (Lipinski definition) is 3. The van der Waals surface area contributed by atoms with Gasteiger partial charge in [0.1, 0.15) is 0 Å². The Kier molecular flexibility index (Phi) is 4.57. The van der Waals surface area contributed by atoms with Crippen LogP contribution in [0.5, 0.6) is 0 Å². The first kappa shape index (κ1) is 14.3. The molecule has 3 rings (SSSR count). The minimum Gasteiger partial charge on any atom is -0.380 e. The van der Waals surface area contributed by atoms with Crippen molar-refractivity contribution in [3.63, 3.8) is 0 Å². The number of rotatable bonds is 4. The molecule has 1 aromatic carbocycles. The van der Waals surface area contributed by atoms with E-state index in [9.17, 15) is 0 Å². The van der Waals surface area contributed by atoms with E-state index < -0.39 is 0 Å². The number of hydrogen-bond donors (Lipinski definition) is 1. The highest BCUT2D eigenvalue weighted by Gasteiger charge is 2.26. The van der Waals surface area contributed by atoms with Crippen molar-refractivity contribution < 1.29 is 0 Å². The second-order valence-electron chi connectivity index (χ2n) is 6.39. The Morgan fingerprint density at radius 3 is 2.65 bits per heavy atom.